The van der Waals surface area contributed by atoms with E-state index in [1.54, 1.807) is 13.0 Å². The number of alkyl halides is 3. The topological polar surface area (TPSA) is 42.1 Å². The summed E-state index contributed by atoms with van der Waals surface area (Å²) in [4.78, 5) is 13.8. The number of para-hydroxylation sites is 1. The molecule has 100 valence electrons. The Bertz CT molecular complexity index is 647. The molecule has 0 aliphatic carbocycles. The highest BCUT2D eigenvalue weighted by Gasteiger charge is 2.32. The number of hydrogen-bond donors (Lipinski definition) is 1. The van der Waals surface area contributed by atoms with E-state index < -0.39 is 6.36 Å². The van der Waals surface area contributed by atoms with Crippen molar-refractivity contribution in [3.63, 3.8) is 0 Å². The number of nitrogens with one attached hydrogen (secondary N) is 1. The van der Waals surface area contributed by atoms with Gasteiger partial charge in [-0.25, -0.2) is 0 Å². The Morgan fingerprint density at radius 1 is 1.16 bits per heavy atom. The van der Waals surface area contributed by atoms with Gasteiger partial charge in [-0.2, -0.15) is 0 Å². The average Bonchev–Trinajstić information content (AvgIpc) is 2.31. The molecular weight excluding hydrogens is 259 g/mol. The van der Waals surface area contributed by atoms with Crippen molar-refractivity contribution in [1.82, 2.24) is 4.98 Å². The molecule has 1 aromatic carbocycles. The van der Waals surface area contributed by atoms with Gasteiger partial charge in [-0.05, 0) is 24.1 Å². The minimum absolute atomic E-state index is 0.225. The molecule has 2 aromatic rings. The molecular formula is C13H10F3NO2. The van der Waals surface area contributed by atoms with E-state index in [0.717, 1.165) is 0 Å². The molecule has 0 aliphatic heterocycles. The van der Waals surface area contributed by atoms with Crippen LogP contribution in [0, 0.1) is 6.92 Å². The minimum Gasteiger partial charge on any atom is -0.405 e. The lowest BCUT2D eigenvalue weighted by Crippen LogP contribution is -2.17. The van der Waals surface area contributed by atoms with Gasteiger partial charge in [0.15, 0.2) is 0 Å². The van der Waals surface area contributed by atoms with Gasteiger partial charge in [0.2, 0.25) is 5.56 Å². The summed E-state index contributed by atoms with van der Waals surface area (Å²) in [6, 6.07) is 6.95. The molecule has 6 heteroatoms. The smallest absolute Gasteiger partial charge is 0.405 e. The summed E-state index contributed by atoms with van der Waals surface area (Å²) in [6.45, 7) is 1.69. The Morgan fingerprint density at radius 2 is 1.84 bits per heavy atom. The van der Waals surface area contributed by atoms with Crippen LogP contribution in [0.1, 0.15) is 5.56 Å². The first kappa shape index (κ1) is 13.2. The highest BCUT2D eigenvalue weighted by Crippen LogP contribution is 2.34. The molecule has 0 atom stereocenters. The SMILES string of the molecule is Cc1c[nH]c(=O)cc1-c1ccccc1OC(F)(F)F. The van der Waals surface area contributed by atoms with E-state index in [1.165, 1.54) is 30.5 Å². The van der Waals surface area contributed by atoms with Gasteiger partial charge in [-0.15, -0.1) is 13.2 Å². The number of benzene rings is 1. The zero-order valence-electron chi connectivity index (χ0n) is 9.91. The summed E-state index contributed by atoms with van der Waals surface area (Å²) >= 11 is 0. The Balaban J connectivity index is 2.56. The third-order valence-electron chi connectivity index (χ3n) is 2.53. The lowest BCUT2D eigenvalue weighted by atomic mass is 10.0. The van der Waals surface area contributed by atoms with Crippen LogP contribution in [0.15, 0.2) is 41.3 Å². The summed E-state index contributed by atoms with van der Waals surface area (Å²) in [5, 5.41) is 0. The van der Waals surface area contributed by atoms with Crippen LogP contribution in [0.4, 0.5) is 13.2 Å². The zero-order valence-corrected chi connectivity index (χ0v) is 9.91. The predicted molar refractivity (Wildman–Crippen MR) is 63.9 cm³/mol. The third-order valence-corrected chi connectivity index (χ3v) is 2.53. The van der Waals surface area contributed by atoms with E-state index >= 15 is 0 Å². The monoisotopic (exact) mass is 269 g/mol. The fourth-order valence-electron chi connectivity index (χ4n) is 1.74. The lowest BCUT2D eigenvalue weighted by Gasteiger charge is -2.14. The van der Waals surface area contributed by atoms with Crippen LogP contribution in [0.5, 0.6) is 5.75 Å². The lowest BCUT2D eigenvalue weighted by molar-refractivity contribution is -0.274. The van der Waals surface area contributed by atoms with Crippen molar-refractivity contribution in [2.24, 2.45) is 0 Å². The molecule has 1 aromatic heterocycles. The first-order chi connectivity index (χ1) is 8.87. The molecule has 1 N–H and O–H groups in total. The normalized spacial score (nSPS) is 11.4. The second-order valence-electron chi connectivity index (χ2n) is 3.94. The van der Waals surface area contributed by atoms with Gasteiger partial charge >= 0.3 is 6.36 Å². The van der Waals surface area contributed by atoms with Crippen molar-refractivity contribution >= 4 is 0 Å². The molecule has 0 bridgehead atoms. The molecule has 0 radical (unpaired) electrons. The number of ether oxygens (including phenoxy) is 1. The Hall–Kier alpha value is -2.24. The molecule has 19 heavy (non-hydrogen) atoms. The van der Waals surface area contributed by atoms with Gasteiger partial charge in [0.05, 0.1) is 0 Å². The van der Waals surface area contributed by atoms with Crippen LogP contribution in [-0.4, -0.2) is 11.3 Å². The van der Waals surface area contributed by atoms with Crippen LogP contribution < -0.4 is 10.3 Å². The van der Waals surface area contributed by atoms with E-state index in [0.29, 0.717) is 11.1 Å². The second-order valence-corrected chi connectivity index (χ2v) is 3.94. The van der Waals surface area contributed by atoms with Crippen molar-refractivity contribution < 1.29 is 17.9 Å². The molecule has 0 saturated heterocycles. The van der Waals surface area contributed by atoms with E-state index in [4.69, 9.17) is 0 Å². The van der Waals surface area contributed by atoms with E-state index in [-0.39, 0.29) is 16.9 Å². The van der Waals surface area contributed by atoms with Gasteiger partial charge in [0, 0.05) is 17.8 Å². The quantitative estimate of drug-likeness (QED) is 0.909. The number of H-pyrrole nitrogens is 1. The fourth-order valence-corrected chi connectivity index (χ4v) is 1.74. The van der Waals surface area contributed by atoms with Crippen LogP contribution >= 0.6 is 0 Å². The van der Waals surface area contributed by atoms with Gasteiger partial charge in [0.1, 0.15) is 5.75 Å². The summed E-state index contributed by atoms with van der Waals surface area (Å²) in [5.41, 5.74) is 0.896. The zero-order chi connectivity index (χ0) is 14.0. The number of aromatic nitrogens is 1. The molecule has 3 nitrogen and oxygen atoms in total. The molecule has 2 rings (SSSR count). The van der Waals surface area contributed by atoms with Crippen LogP contribution in [0.2, 0.25) is 0 Å². The van der Waals surface area contributed by atoms with Gasteiger partial charge in [-0.3, -0.25) is 4.79 Å². The largest absolute Gasteiger partial charge is 0.573 e. The molecule has 0 fully saturated rings. The molecule has 0 aliphatic rings. The Morgan fingerprint density at radius 3 is 2.53 bits per heavy atom. The van der Waals surface area contributed by atoms with Gasteiger partial charge in [-0.1, -0.05) is 18.2 Å². The molecule has 0 spiro atoms. The number of pyridine rings is 1. The summed E-state index contributed by atoms with van der Waals surface area (Å²) in [7, 11) is 0. The Labute approximate surface area is 106 Å². The highest BCUT2D eigenvalue weighted by atomic mass is 19.4. The summed E-state index contributed by atoms with van der Waals surface area (Å²) in [5.74, 6) is -0.330. The van der Waals surface area contributed by atoms with Crippen LogP contribution in [-0.2, 0) is 0 Å². The van der Waals surface area contributed by atoms with E-state index in [1.807, 2.05) is 0 Å². The maximum atomic E-state index is 12.3. The van der Waals surface area contributed by atoms with E-state index in [2.05, 4.69) is 9.72 Å². The number of aromatic amines is 1. The van der Waals surface area contributed by atoms with Crippen LogP contribution in [0.3, 0.4) is 0 Å². The third kappa shape index (κ3) is 3.15. The highest BCUT2D eigenvalue weighted by molar-refractivity contribution is 5.72. The summed E-state index contributed by atoms with van der Waals surface area (Å²) < 4.78 is 41.0. The van der Waals surface area contributed by atoms with Gasteiger partial charge in [0.25, 0.3) is 0 Å². The first-order valence-corrected chi connectivity index (χ1v) is 5.41. The number of hydrogen-bond acceptors (Lipinski definition) is 2. The maximum Gasteiger partial charge on any atom is 0.573 e. The first-order valence-electron chi connectivity index (χ1n) is 5.41. The van der Waals surface area contributed by atoms with Crippen molar-refractivity contribution in [2.45, 2.75) is 13.3 Å². The van der Waals surface area contributed by atoms with Crippen molar-refractivity contribution in [1.29, 1.82) is 0 Å². The number of halogens is 3. The molecule has 0 unspecified atom stereocenters. The fraction of sp³-hybridized carbons (Fsp3) is 0.154. The molecule has 1 heterocycles. The van der Waals surface area contributed by atoms with Crippen molar-refractivity contribution in [2.75, 3.05) is 0 Å². The summed E-state index contributed by atoms with van der Waals surface area (Å²) in [6.07, 6.45) is -3.33. The van der Waals surface area contributed by atoms with Crippen LogP contribution in [0.25, 0.3) is 11.1 Å². The van der Waals surface area contributed by atoms with Crippen molar-refractivity contribution in [3.05, 3.63) is 52.4 Å². The predicted octanol–water partition coefficient (Wildman–Crippen LogP) is 3.25. The number of rotatable bonds is 2. The van der Waals surface area contributed by atoms with Gasteiger partial charge < -0.3 is 9.72 Å². The minimum atomic E-state index is -4.77. The Kier molecular flexibility index (Phi) is 3.33. The number of aryl methyl sites for hydroxylation is 1. The van der Waals surface area contributed by atoms with Crippen molar-refractivity contribution in [3.8, 4) is 16.9 Å². The molecule has 0 amide bonds. The van der Waals surface area contributed by atoms with E-state index in [9.17, 15) is 18.0 Å². The maximum absolute atomic E-state index is 12.3. The average molecular weight is 269 g/mol. The second kappa shape index (κ2) is 4.79. The standard InChI is InChI=1S/C13H10F3NO2/c1-8-7-17-12(18)6-10(8)9-4-2-3-5-11(9)19-13(14,15)16/h2-7H,1H3,(H,17,18). The molecule has 0 saturated carbocycles.